The van der Waals surface area contributed by atoms with Gasteiger partial charge in [0.15, 0.2) is 11.5 Å². The SMILES string of the molecule is O=C(c1ccn(-c2ccc(F)cc2F)n1)N1CCN(C2CC2)CC1. The average molecular weight is 332 g/mol. The zero-order chi connectivity index (χ0) is 16.7. The van der Waals surface area contributed by atoms with E-state index in [4.69, 9.17) is 0 Å². The fraction of sp³-hybridized carbons (Fsp3) is 0.412. The van der Waals surface area contributed by atoms with Gasteiger partial charge in [0.1, 0.15) is 11.5 Å². The van der Waals surface area contributed by atoms with Crippen LogP contribution in [0.4, 0.5) is 8.78 Å². The second-order valence-electron chi connectivity index (χ2n) is 6.30. The molecule has 1 saturated carbocycles. The van der Waals surface area contributed by atoms with E-state index in [1.807, 2.05) is 0 Å². The van der Waals surface area contributed by atoms with Crippen molar-refractivity contribution in [1.29, 1.82) is 0 Å². The van der Waals surface area contributed by atoms with E-state index in [0.29, 0.717) is 19.1 Å². The van der Waals surface area contributed by atoms with Gasteiger partial charge in [-0.15, -0.1) is 0 Å². The second-order valence-corrected chi connectivity index (χ2v) is 6.30. The number of amides is 1. The van der Waals surface area contributed by atoms with Crippen LogP contribution < -0.4 is 0 Å². The van der Waals surface area contributed by atoms with Crippen LogP contribution in [0.3, 0.4) is 0 Å². The summed E-state index contributed by atoms with van der Waals surface area (Å²) in [6.45, 7) is 3.16. The maximum absolute atomic E-state index is 13.8. The van der Waals surface area contributed by atoms with E-state index in [9.17, 15) is 13.6 Å². The molecule has 24 heavy (non-hydrogen) atoms. The molecule has 0 unspecified atom stereocenters. The molecule has 0 bridgehead atoms. The zero-order valence-corrected chi connectivity index (χ0v) is 13.2. The fourth-order valence-corrected chi connectivity index (χ4v) is 3.13. The third kappa shape index (κ3) is 2.91. The van der Waals surface area contributed by atoms with Crippen LogP contribution in [-0.2, 0) is 0 Å². The summed E-state index contributed by atoms with van der Waals surface area (Å²) < 4.78 is 28.1. The molecule has 1 amide bonds. The lowest BCUT2D eigenvalue weighted by atomic mass is 10.2. The molecule has 2 fully saturated rings. The minimum atomic E-state index is -0.713. The van der Waals surface area contributed by atoms with Crippen molar-refractivity contribution in [3.05, 3.63) is 47.8 Å². The quantitative estimate of drug-likeness (QED) is 0.864. The topological polar surface area (TPSA) is 41.4 Å². The third-order valence-corrected chi connectivity index (χ3v) is 4.63. The predicted molar refractivity (Wildman–Crippen MR) is 84.0 cm³/mol. The summed E-state index contributed by atoms with van der Waals surface area (Å²) in [5.74, 6) is -1.50. The summed E-state index contributed by atoms with van der Waals surface area (Å²) in [6, 6.07) is 5.55. The molecule has 0 radical (unpaired) electrons. The Morgan fingerprint density at radius 1 is 1.08 bits per heavy atom. The summed E-state index contributed by atoms with van der Waals surface area (Å²) in [7, 11) is 0. The van der Waals surface area contributed by atoms with Gasteiger partial charge in [-0.2, -0.15) is 5.10 Å². The first-order valence-corrected chi connectivity index (χ1v) is 8.16. The first kappa shape index (κ1) is 15.3. The number of benzene rings is 1. The zero-order valence-electron chi connectivity index (χ0n) is 13.2. The van der Waals surface area contributed by atoms with Gasteiger partial charge in [-0.25, -0.2) is 13.5 Å². The van der Waals surface area contributed by atoms with Gasteiger partial charge in [-0.1, -0.05) is 0 Å². The van der Waals surface area contributed by atoms with Gasteiger partial charge in [0.25, 0.3) is 5.91 Å². The summed E-state index contributed by atoms with van der Waals surface area (Å²) >= 11 is 0. The number of piperazine rings is 1. The highest BCUT2D eigenvalue weighted by atomic mass is 19.1. The Morgan fingerprint density at radius 3 is 2.50 bits per heavy atom. The van der Waals surface area contributed by atoms with Gasteiger partial charge in [0.05, 0.1) is 0 Å². The Hall–Kier alpha value is -2.28. The summed E-state index contributed by atoms with van der Waals surface area (Å²) in [5, 5.41) is 4.16. The van der Waals surface area contributed by atoms with Gasteiger partial charge in [0.2, 0.25) is 0 Å². The Bertz CT molecular complexity index is 764. The Morgan fingerprint density at radius 2 is 1.83 bits per heavy atom. The van der Waals surface area contributed by atoms with E-state index in [-0.39, 0.29) is 17.3 Å². The van der Waals surface area contributed by atoms with E-state index < -0.39 is 11.6 Å². The maximum Gasteiger partial charge on any atom is 0.274 e. The molecule has 0 atom stereocenters. The van der Waals surface area contributed by atoms with Crippen molar-refractivity contribution in [2.24, 2.45) is 0 Å². The predicted octanol–water partition coefficient (Wildman–Crippen LogP) is 2.07. The highest BCUT2D eigenvalue weighted by molar-refractivity contribution is 5.92. The number of hydrogen-bond donors (Lipinski definition) is 0. The van der Waals surface area contributed by atoms with E-state index in [2.05, 4.69) is 10.00 Å². The Balaban J connectivity index is 1.47. The van der Waals surface area contributed by atoms with Gasteiger partial charge in [0, 0.05) is 44.5 Å². The Labute approximate surface area is 138 Å². The molecular formula is C17H18F2N4O. The molecule has 2 aliphatic rings. The van der Waals surface area contributed by atoms with Crippen molar-refractivity contribution >= 4 is 5.91 Å². The molecule has 0 N–H and O–H groups in total. The minimum Gasteiger partial charge on any atom is -0.335 e. The molecule has 1 aromatic carbocycles. The number of nitrogens with zero attached hydrogens (tertiary/aromatic N) is 4. The Kier molecular flexibility index (Phi) is 3.80. The van der Waals surface area contributed by atoms with Crippen molar-refractivity contribution in [3.63, 3.8) is 0 Å². The number of aromatic nitrogens is 2. The van der Waals surface area contributed by atoms with Crippen LogP contribution in [-0.4, -0.2) is 57.7 Å². The standard InChI is InChI=1S/C17H18F2N4O/c18-12-1-4-16(14(19)11-12)23-6-5-15(20-23)17(24)22-9-7-21(8-10-22)13-2-3-13/h1,4-6,11,13H,2-3,7-10H2. The highest BCUT2D eigenvalue weighted by Crippen LogP contribution is 2.27. The van der Waals surface area contributed by atoms with Crippen LogP contribution in [0.2, 0.25) is 0 Å². The molecule has 2 aromatic rings. The van der Waals surface area contributed by atoms with Crippen molar-refractivity contribution in [1.82, 2.24) is 19.6 Å². The van der Waals surface area contributed by atoms with Crippen LogP contribution in [0.25, 0.3) is 5.69 Å². The molecule has 0 spiro atoms. The van der Waals surface area contributed by atoms with Gasteiger partial charge in [-0.05, 0) is 31.0 Å². The summed E-state index contributed by atoms with van der Waals surface area (Å²) in [4.78, 5) is 16.8. The van der Waals surface area contributed by atoms with E-state index in [1.54, 1.807) is 11.0 Å². The molecule has 5 nitrogen and oxygen atoms in total. The van der Waals surface area contributed by atoms with Crippen LogP contribution in [0.1, 0.15) is 23.3 Å². The van der Waals surface area contributed by atoms with Crippen LogP contribution in [0, 0.1) is 11.6 Å². The molecule has 1 aliphatic carbocycles. The molecule has 4 rings (SSSR count). The van der Waals surface area contributed by atoms with Gasteiger partial charge < -0.3 is 4.90 Å². The van der Waals surface area contributed by atoms with Crippen molar-refractivity contribution in [3.8, 4) is 5.69 Å². The first-order chi connectivity index (χ1) is 11.6. The molecule has 1 aromatic heterocycles. The minimum absolute atomic E-state index is 0.119. The van der Waals surface area contributed by atoms with Gasteiger partial charge in [-0.3, -0.25) is 9.69 Å². The van der Waals surface area contributed by atoms with Crippen LogP contribution >= 0.6 is 0 Å². The number of halogens is 2. The largest absolute Gasteiger partial charge is 0.335 e. The van der Waals surface area contributed by atoms with Crippen molar-refractivity contribution in [2.45, 2.75) is 18.9 Å². The lowest BCUT2D eigenvalue weighted by molar-refractivity contribution is 0.0621. The number of carbonyl (C=O) groups is 1. The molecular weight excluding hydrogens is 314 g/mol. The van der Waals surface area contributed by atoms with E-state index >= 15 is 0 Å². The molecule has 126 valence electrons. The fourth-order valence-electron chi connectivity index (χ4n) is 3.13. The number of carbonyl (C=O) groups excluding carboxylic acids is 1. The molecule has 1 saturated heterocycles. The smallest absolute Gasteiger partial charge is 0.274 e. The molecule has 2 heterocycles. The van der Waals surface area contributed by atoms with Gasteiger partial charge >= 0.3 is 0 Å². The third-order valence-electron chi connectivity index (χ3n) is 4.63. The van der Waals surface area contributed by atoms with Crippen LogP contribution in [0.5, 0.6) is 0 Å². The number of rotatable bonds is 3. The number of hydrogen-bond acceptors (Lipinski definition) is 3. The lowest BCUT2D eigenvalue weighted by Gasteiger charge is -2.34. The monoisotopic (exact) mass is 332 g/mol. The molecule has 7 heteroatoms. The lowest BCUT2D eigenvalue weighted by Crippen LogP contribution is -2.49. The van der Waals surface area contributed by atoms with Crippen LogP contribution in [0.15, 0.2) is 30.5 Å². The van der Waals surface area contributed by atoms with E-state index in [0.717, 1.165) is 19.2 Å². The average Bonchev–Trinajstić information content (AvgIpc) is 3.32. The first-order valence-electron chi connectivity index (χ1n) is 8.16. The molecule has 1 aliphatic heterocycles. The summed E-state index contributed by atoms with van der Waals surface area (Å²) in [6.07, 6.45) is 4.05. The normalized spacial score (nSPS) is 18.8. The van der Waals surface area contributed by atoms with Crippen molar-refractivity contribution < 1.29 is 13.6 Å². The maximum atomic E-state index is 13.8. The second kappa shape index (κ2) is 5.98. The van der Waals surface area contributed by atoms with Crippen molar-refractivity contribution in [2.75, 3.05) is 26.2 Å². The van der Waals surface area contributed by atoms with E-state index in [1.165, 1.54) is 35.9 Å². The summed E-state index contributed by atoms with van der Waals surface area (Å²) in [5.41, 5.74) is 0.396. The highest BCUT2D eigenvalue weighted by Gasteiger charge is 2.32.